The zero-order valence-electron chi connectivity index (χ0n) is 11.8. The van der Waals surface area contributed by atoms with Crippen molar-refractivity contribution in [1.29, 1.82) is 0 Å². The second-order valence-corrected chi connectivity index (χ2v) is 5.43. The third-order valence-corrected chi connectivity index (χ3v) is 3.17. The number of aromatic nitrogens is 1. The fourth-order valence-corrected chi connectivity index (χ4v) is 2.13. The van der Waals surface area contributed by atoms with Crippen LogP contribution in [0.5, 0.6) is 0 Å². The molecule has 19 heavy (non-hydrogen) atoms. The molecule has 0 amide bonds. The van der Waals surface area contributed by atoms with E-state index in [4.69, 9.17) is 23.2 Å². The summed E-state index contributed by atoms with van der Waals surface area (Å²) in [7, 11) is 4.15. The maximum Gasteiger partial charge on any atom is 0.147 e. The molecule has 0 spiro atoms. The molecule has 2 N–H and O–H groups in total. The first-order chi connectivity index (χ1) is 9.04. The Labute approximate surface area is 125 Å². The van der Waals surface area contributed by atoms with Crippen LogP contribution in [-0.2, 0) is 0 Å². The molecule has 4 nitrogen and oxygen atoms in total. The lowest BCUT2D eigenvalue weighted by atomic mass is 10.3. The summed E-state index contributed by atoms with van der Waals surface area (Å²) in [6.45, 7) is 4.72. The minimum absolute atomic E-state index is 0.546. The van der Waals surface area contributed by atoms with Gasteiger partial charge >= 0.3 is 0 Å². The molecule has 0 radical (unpaired) electrons. The van der Waals surface area contributed by atoms with E-state index in [1.165, 1.54) is 0 Å². The van der Waals surface area contributed by atoms with E-state index in [0.717, 1.165) is 32.5 Å². The molecule has 0 aromatic carbocycles. The van der Waals surface area contributed by atoms with Crippen LogP contribution in [-0.4, -0.2) is 43.6 Å². The van der Waals surface area contributed by atoms with E-state index in [9.17, 15) is 0 Å². The number of nitrogens with one attached hydrogen (secondary N) is 2. The van der Waals surface area contributed by atoms with Crippen LogP contribution in [0, 0.1) is 0 Å². The summed E-state index contributed by atoms with van der Waals surface area (Å²) in [6, 6.07) is 1.72. The summed E-state index contributed by atoms with van der Waals surface area (Å²) in [4.78, 5) is 6.58. The molecule has 1 rings (SSSR count). The Bertz CT molecular complexity index is 396. The minimum Gasteiger partial charge on any atom is -0.369 e. The van der Waals surface area contributed by atoms with Crippen LogP contribution in [0.2, 0.25) is 10.0 Å². The van der Waals surface area contributed by atoms with E-state index in [1.807, 2.05) is 6.92 Å². The quantitative estimate of drug-likeness (QED) is 0.720. The summed E-state index contributed by atoms with van der Waals surface area (Å²) in [5, 5.41) is 7.47. The van der Waals surface area contributed by atoms with Gasteiger partial charge in [0.15, 0.2) is 0 Å². The summed E-state index contributed by atoms with van der Waals surface area (Å²) in [5.74, 6) is 1.36. The van der Waals surface area contributed by atoms with Gasteiger partial charge in [0.25, 0.3) is 0 Å². The molecule has 0 fully saturated rings. The van der Waals surface area contributed by atoms with E-state index in [2.05, 4.69) is 34.6 Å². The van der Waals surface area contributed by atoms with E-state index >= 15 is 0 Å². The molecule has 6 heteroatoms. The van der Waals surface area contributed by atoms with Gasteiger partial charge in [0.2, 0.25) is 0 Å². The van der Waals surface area contributed by atoms with Gasteiger partial charge in [0, 0.05) is 13.1 Å². The lowest BCUT2D eigenvalue weighted by Gasteiger charge is -2.12. The topological polar surface area (TPSA) is 40.2 Å². The first kappa shape index (κ1) is 16.3. The number of nitrogens with zero attached hydrogens (tertiary/aromatic N) is 2. The van der Waals surface area contributed by atoms with Crippen molar-refractivity contribution in [2.45, 2.75) is 19.8 Å². The molecule has 0 saturated heterocycles. The van der Waals surface area contributed by atoms with E-state index < -0.39 is 0 Å². The van der Waals surface area contributed by atoms with Gasteiger partial charge < -0.3 is 15.5 Å². The second-order valence-electron chi connectivity index (χ2n) is 4.62. The molecule has 0 bridgehead atoms. The summed E-state index contributed by atoms with van der Waals surface area (Å²) in [6.07, 6.45) is 2.22. The molecule has 1 aromatic heterocycles. The van der Waals surface area contributed by atoms with Crippen molar-refractivity contribution in [3.05, 3.63) is 16.1 Å². The smallest absolute Gasteiger partial charge is 0.147 e. The predicted octanol–water partition coefficient (Wildman–Crippen LogP) is 3.57. The first-order valence-corrected chi connectivity index (χ1v) is 7.28. The maximum absolute atomic E-state index is 6.12. The van der Waals surface area contributed by atoms with E-state index in [1.54, 1.807) is 6.07 Å². The Balaban J connectivity index is 2.50. The van der Waals surface area contributed by atoms with Gasteiger partial charge in [0.1, 0.15) is 11.6 Å². The van der Waals surface area contributed by atoms with Crippen molar-refractivity contribution >= 4 is 34.8 Å². The van der Waals surface area contributed by atoms with Crippen LogP contribution in [0.1, 0.15) is 19.8 Å². The van der Waals surface area contributed by atoms with E-state index in [-0.39, 0.29) is 0 Å². The minimum atomic E-state index is 0.546. The maximum atomic E-state index is 6.12. The Kier molecular flexibility index (Phi) is 7.28. The molecule has 0 unspecified atom stereocenters. The van der Waals surface area contributed by atoms with Crippen molar-refractivity contribution in [3.63, 3.8) is 0 Å². The summed E-state index contributed by atoms with van der Waals surface area (Å²) >= 11 is 12.2. The molecule has 0 saturated carbocycles. The Morgan fingerprint density at radius 1 is 1.11 bits per heavy atom. The molecule has 1 aromatic rings. The van der Waals surface area contributed by atoms with Crippen molar-refractivity contribution < 1.29 is 0 Å². The third kappa shape index (κ3) is 5.85. The Morgan fingerprint density at radius 2 is 1.74 bits per heavy atom. The number of rotatable bonds is 8. The second kappa shape index (κ2) is 8.46. The zero-order chi connectivity index (χ0) is 14.3. The number of anilines is 2. The van der Waals surface area contributed by atoms with Gasteiger partial charge in [0.05, 0.1) is 10.0 Å². The van der Waals surface area contributed by atoms with Crippen LogP contribution >= 0.6 is 23.2 Å². The molecule has 0 aliphatic rings. The van der Waals surface area contributed by atoms with Gasteiger partial charge in [-0.3, -0.25) is 0 Å². The largest absolute Gasteiger partial charge is 0.369 e. The molecular formula is C13H22Cl2N4. The Hall–Kier alpha value is -0.710. The first-order valence-electron chi connectivity index (χ1n) is 6.53. The average molecular weight is 305 g/mol. The highest BCUT2D eigenvalue weighted by atomic mass is 35.5. The molecule has 108 valence electrons. The summed E-state index contributed by atoms with van der Waals surface area (Å²) in [5.41, 5.74) is 0. The number of unbranched alkanes of at least 4 members (excludes halogenated alkanes) is 1. The molecule has 1 heterocycles. The van der Waals surface area contributed by atoms with Crippen LogP contribution in [0.3, 0.4) is 0 Å². The SMILES string of the molecule is CCNc1nc(NCCCCN(C)C)c(Cl)cc1Cl. The number of hydrogen-bond acceptors (Lipinski definition) is 4. The fraction of sp³-hybridized carbons (Fsp3) is 0.615. The Morgan fingerprint density at radius 3 is 2.32 bits per heavy atom. The molecule has 0 aliphatic heterocycles. The van der Waals surface area contributed by atoms with Crippen molar-refractivity contribution in [2.24, 2.45) is 0 Å². The third-order valence-electron chi connectivity index (χ3n) is 2.60. The highest BCUT2D eigenvalue weighted by Crippen LogP contribution is 2.29. The van der Waals surface area contributed by atoms with Crippen LogP contribution in [0.25, 0.3) is 0 Å². The highest BCUT2D eigenvalue weighted by Gasteiger charge is 2.08. The molecular weight excluding hydrogens is 283 g/mol. The van der Waals surface area contributed by atoms with Gasteiger partial charge in [-0.05, 0) is 46.5 Å². The molecule has 0 aliphatic carbocycles. The monoisotopic (exact) mass is 304 g/mol. The van der Waals surface area contributed by atoms with Crippen molar-refractivity contribution in [2.75, 3.05) is 44.4 Å². The van der Waals surface area contributed by atoms with Crippen LogP contribution in [0.15, 0.2) is 6.07 Å². The lowest BCUT2D eigenvalue weighted by Crippen LogP contribution is -2.14. The predicted molar refractivity (Wildman–Crippen MR) is 84.7 cm³/mol. The standard InChI is InChI=1S/C13H22Cl2N4/c1-4-16-12-10(14)9-11(15)13(18-12)17-7-5-6-8-19(2)3/h9H,4-8H2,1-3H3,(H2,16,17,18). The van der Waals surface area contributed by atoms with Gasteiger partial charge in [-0.15, -0.1) is 0 Å². The van der Waals surface area contributed by atoms with E-state index in [0.29, 0.717) is 21.7 Å². The molecule has 0 atom stereocenters. The number of halogens is 2. The van der Waals surface area contributed by atoms with Crippen molar-refractivity contribution in [3.8, 4) is 0 Å². The van der Waals surface area contributed by atoms with Gasteiger partial charge in [-0.25, -0.2) is 4.98 Å². The van der Waals surface area contributed by atoms with Crippen molar-refractivity contribution in [1.82, 2.24) is 9.88 Å². The van der Waals surface area contributed by atoms with Crippen LogP contribution < -0.4 is 10.6 Å². The lowest BCUT2D eigenvalue weighted by molar-refractivity contribution is 0.396. The van der Waals surface area contributed by atoms with Crippen LogP contribution in [0.4, 0.5) is 11.6 Å². The number of hydrogen-bond donors (Lipinski definition) is 2. The highest BCUT2D eigenvalue weighted by molar-refractivity contribution is 6.37. The van der Waals surface area contributed by atoms with Gasteiger partial charge in [-0.1, -0.05) is 23.2 Å². The zero-order valence-corrected chi connectivity index (χ0v) is 13.3. The summed E-state index contributed by atoms with van der Waals surface area (Å²) < 4.78 is 0. The average Bonchev–Trinajstić information content (AvgIpc) is 2.33. The van der Waals surface area contributed by atoms with Gasteiger partial charge in [-0.2, -0.15) is 0 Å². The number of pyridine rings is 1. The normalized spacial score (nSPS) is 10.8. The fourth-order valence-electron chi connectivity index (χ4n) is 1.64.